The Labute approximate surface area is 118 Å². The molecular weight excluding hydrogens is 284 g/mol. The Balaban J connectivity index is 0.000000205. The fourth-order valence-electron chi connectivity index (χ4n) is 1.36. The molecule has 0 amide bonds. The molecule has 2 heterocycles. The van der Waals surface area contributed by atoms with E-state index in [1.54, 1.807) is 6.07 Å². The van der Waals surface area contributed by atoms with E-state index in [0.29, 0.717) is 5.02 Å². The van der Waals surface area contributed by atoms with Crippen molar-refractivity contribution in [3.63, 3.8) is 0 Å². The van der Waals surface area contributed by atoms with Crippen LogP contribution in [0.4, 0.5) is 11.9 Å². The monoisotopic (exact) mass is 294 g/mol. The van der Waals surface area contributed by atoms with Crippen LogP contribution in [0.1, 0.15) is 5.56 Å². The number of anilines is 2. The topological polar surface area (TPSA) is 150 Å². The van der Waals surface area contributed by atoms with Gasteiger partial charge in [-0.2, -0.15) is 9.90 Å². The highest BCUT2D eigenvalue weighted by molar-refractivity contribution is 6.31. The number of halogens is 1. The van der Waals surface area contributed by atoms with E-state index in [9.17, 15) is 0 Å². The molecule has 5 N–H and O–H groups in total. The molecule has 0 aliphatic rings. The minimum absolute atomic E-state index is 0.176. The van der Waals surface area contributed by atoms with Gasteiger partial charge in [0.15, 0.2) is 0 Å². The molecule has 0 aliphatic heterocycles. The summed E-state index contributed by atoms with van der Waals surface area (Å²) in [5.41, 5.74) is 12.2. The quantitative estimate of drug-likeness (QED) is 0.567. The largest absolute Gasteiger partial charge is 0.366 e. The van der Waals surface area contributed by atoms with Gasteiger partial charge in [-0.15, -0.1) is 5.10 Å². The molecule has 0 aliphatic carbocycles. The van der Waals surface area contributed by atoms with Gasteiger partial charge in [-0.3, -0.25) is 0 Å². The number of nitrogens with one attached hydrogen (secondary N) is 1. The summed E-state index contributed by atoms with van der Waals surface area (Å²) in [5.74, 6) is 0.422. The van der Waals surface area contributed by atoms with Crippen LogP contribution in [-0.2, 0) is 0 Å². The third-order valence-electron chi connectivity index (χ3n) is 2.32. The van der Waals surface area contributed by atoms with Crippen molar-refractivity contribution in [2.45, 2.75) is 6.92 Å². The summed E-state index contributed by atoms with van der Waals surface area (Å²) < 4.78 is 1.45. The molecule has 0 bridgehead atoms. The number of H-pyrrole nitrogens is 1. The van der Waals surface area contributed by atoms with E-state index in [-0.39, 0.29) is 11.9 Å². The van der Waals surface area contributed by atoms with Crippen molar-refractivity contribution in [2.75, 3.05) is 11.5 Å². The number of tetrazole rings is 2. The first-order valence-electron chi connectivity index (χ1n) is 5.38. The Hall–Kier alpha value is -2.75. The predicted molar refractivity (Wildman–Crippen MR) is 71.9 cm³/mol. The minimum Gasteiger partial charge on any atom is -0.366 e. The molecule has 2 aromatic heterocycles. The lowest BCUT2D eigenvalue weighted by molar-refractivity contribution is 0.788. The number of nitrogens with two attached hydrogens (primary N) is 2. The van der Waals surface area contributed by atoms with E-state index in [1.807, 2.05) is 19.1 Å². The van der Waals surface area contributed by atoms with E-state index in [4.69, 9.17) is 23.1 Å². The van der Waals surface area contributed by atoms with Gasteiger partial charge < -0.3 is 11.5 Å². The highest BCUT2D eigenvalue weighted by Crippen LogP contribution is 2.22. The average molecular weight is 295 g/mol. The highest BCUT2D eigenvalue weighted by atomic mass is 35.5. The molecule has 0 fully saturated rings. The van der Waals surface area contributed by atoms with Gasteiger partial charge in [0.2, 0.25) is 5.95 Å². The third-order valence-corrected chi connectivity index (χ3v) is 2.73. The first kappa shape index (κ1) is 13.7. The fraction of sp³-hybridized carbons (Fsp3) is 0.111. The standard InChI is InChI=1S/C8H8ClN5.CH3N5/c1-5-6(9)3-2-4-7(5)14-8(10)11-12-13-14;2-1-3-5-6-4-1/h2-4H,1H3,(H2,10,11,13);(H3,2,3,4,5,6). The number of hydrogen-bond acceptors (Lipinski definition) is 8. The minimum atomic E-state index is 0.176. The normalized spacial score (nSPS) is 9.90. The molecule has 0 saturated heterocycles. The fourth-order valence-corrected chi connectivity index (χ4v) is 1.53. The second kappa shape index (κ2) is 5.93. The molecule has 0 unspecified atom stereocenters. The van der Waals surface area contributed by atoms with Crippen LogP contribution < -0.4 is 11.5 Å². The molecule has 0 spiro atoms. The molecule has 11 heteroatoms. The molecule has 3 rings (SSSR count). The Morgan fingerprint density at radius 2 is 2.05 bits per heavy atom. The summed E-state index contributed by atoms with van der Waals surface area (Å²) in [5, 5.41) is 23.5. The number of benzene rings is 1. The van der Waals surface area contributed by atoms with Crippen LogP contribution in [0.15, 0.2) is 18.2 Å². The van der Waals surface area contributed by atoms with Crippen molar-refractivity contribution in [2.24, 2.45) is 0 Å². The van der Waals surface area contributed by atoms with Crippen LogP contribution in [0.25, 0.3) is 5.69 Å². The van der Waals surface area contributed by atoms with Crippen molar-refractivity contribution in [1.29, 1.82) is 0 Å². The van der Waals surface area contributed by atoms with E-state index in [1.165, 1.54) is 4.68 Å². The summed E-state index contributed by atoms with van der Waals surface area (Å²) >= 11 is 5.96. The Kier molecular flexibility index (Phi) is 4.05. The second-order valence-electron chi connectivity index (χ2n) is 3.60. The molecule has 104 valence electrons. The van der Waals surface area contributed by atoms with E-state index >= 15 is 0 Å². The molecular formula is C9H11ClN10. The SMILES string of the molecule is Cc1c(Cl)cccc1-n1nnnc1N.Nc1nn[nH]n1. The first-order chi connectivity index (χ1) is 9.59. The zero-order chi connectivity index (χ0) is 14.5. The van der Waals surface area contributed by atoms with Crippen molar-refractivity contribution >= 4 is 23.5 Å². The lowest BCUT2D eigenvalue weighted by atomic mass is 10.2. The van der Waals surface area contributed by atoms with Gasteiger partial charge in [0.1, 0.15) is 0 Å². The number of nitrogens with zero attached hydrogens (tertiary/aromatic N) is 7. The summed E-state index contributed by atoms with van der Waals surface area (Å²) in [7, 11) is 0. The maximum absolute atomic E-state index is 5.96. The summed E-state index contributed by atoms with van der Waals surface area (Å²) in [6.45, 7) is 1.89. The van der Waals surface area contributed by atoms with Crippen LogP contribution in [0.3, 0.4) is 0 Å². The third kappa shape index (κ3) is 2.98. The van der Waals surface area contributed by atoms with Gasteiger partial charge in [0, 0.05) is 5.02 Å². The molecule has 10 nitrogen and oxygen atoms in total. The van der Waals surface area contributed by atoms with Crippen LogP contribution in [0.2, 0.25) is 5.02 Å². The van der Waals surface area contributed by atoms with Gasteiger partial charge >= 0.3 is 0 Å². The van der Waals surface area contributed by atoms with Crippen LogP contribution >= 0.6 is 11.6 Å². The van der Waals surface area contributed by atoms with Crippen LogP contribution in [0.5, 0.6) is 0 Å². The maximum atomic E-state index is 5.96. The maximum Gasteiger partial charge on any atom is 0.260 e. The van der Waals surface area contributed by atoms with Gasteiger partial charge in [-0.25, -0.2) is 0 Å². The molecule has 1 aromatic carbocycles. The van der Waals surface area contributed by atoms with Gasteiger partial charge in [0.05, 0.1) is 5.69 Å². The zero-order valence-electron chi connectivity index (χ0n) is 10.4. The molecule has 0 radical (unpaired) electrons. The molecule has 0 saturated carbocycles. The Bertz CT molecular complexity index is 676. The van der Waals surface area contributed by atoms with E-state index in [2.05, 4.69) is 36.1 Å². The van der Waals surface area contributed by atoms with Gasteiger partial charge in [-0.05, 0) is 40.3 Å². The second-order valence-corrected chi connectivity index (χ2v) is 4.01. The van der Waals surface area contributed by atoms with Gasteiger partial charge in [-0.1, -0.05) is 27.9 Å². The van der Waals surface area contributed by atoms with Crippen LogP contribution in [0, 0.1) is 6.92 Å². The highest BCUT2D eigenvalue weighted by Gasteiger charge is 2.08. The summed E-state index contributed by atoms with van der Waals surface area (Å²) in [6.07, 6.45) is 0. The molecule has 3 aromatic rings. The smallest absolute Gasteiger partial charge is 0.260 e. The average Bonchev–Trinajstić information content (AvgIpc) is 3.05. The first-order valence-corrected chi connectivity index (χ1v) is 5.75. The van der Waals surface area contributed by atoms with Crippen molar-refractivity contribution in [3.05, 3.63) is 28.8 Å². The Morgan fingerprint density at radius 1 is 1.25 bits per heavy atom. The lowest BCUT2D eigenvalue weighted by Gasteiger charge is -2.06. The zero-order valence-corrected chi connectivity index (χ0v) is 11.2. The lowest BCUT2D eigenvalue weighted by Crippen LogP contribution is -2.04. The number of aromatic nitrogens is 8. The number of rotatable bonds is 1. The summed E-state index contributed by atoms with van der Waals surface area (Å²) in [6, 6.07) is 5.49. The van der Waals surface area contributed by atoms with Crippen molar-refractivity contribution in [3.8, 4) is 5.69 Å². The van der Waals surface area contributed by atoms with E-state index in [0.717, 1.165) is 11.3 Å². The van der Waals surface area contributed by atoms with Crippen LogP contribution in [-0.4, -0.2) is 40.8 Å². The van der Waals surface area contributed by atoms with Gasteiger partial charge in [0.25, 0.3) is 5.95 Å². The van der Waals surface area contributed by atoms with Crippen molar-refractivity contribution < 1.29 is 0 Å². The number of hydrogen-bond donors (Lipinski definition) is 3. The number of nitrogen functional groups attached to an aromatic ring is 2. The molecule has 0 atom stereocenters. The predicted octanol–water partition coefficient (Wildman–Crippen LogP) is -0.0118. The van der Waals surface area contributed by atoms with Crippen molar-refractivity contribution in [1.82, 2.24) is 40.8 Å². The van der Waals surface area contributed by atoms with E-state index < -0.39 is 0 Å². The summed E-state index contributed by atoms with van der Waals surface area (Å²) in [4.78, 5) is 0. The number of aromatic amines is 1. The molecule has 20 heavy (non-hydrogen) atoms. The Morgan fingerprint density at radius 3 is 2.55 bits per heavy atom.